The number of hydrogen-bond donors (Lipinski definition) is 1. The van der Waals surface area contributed by atoms with Crippen molar-refractivity contribution in [2.75, 3.05) is 22.9 Å². The molecular formula is C23H25N3O4. The molecular weight excluding hydrogens is 382 g/mol. The molecule has 1 aromatic heterocycles. The summed E-state index contributed by atoms with van der Waals surface area (Å²) in [6, 6.07) is 9.43. The van der Waals surface area contributed by atoms with Crippen molar-refractivity contribution in [2.24, 2.45) is 11.8 Å². The average molecular weight is 407 g/mol. The molecule has 3 amide bonds. The first-order chi connectivity index (χ1) is 14.6. The highest BCUT2D eigenvalue weighted by Gasteiger charge is 2.37. The second-order valence-corrected chi connectivity index (χ2v) is 8.38. The molecule has 3 aliphatic rings. The van der Waals surface area contributed by atoms with Crippen LogP contribution in [0.15, 0.2) is 41.0 Å². The lowest BCUT2D eigenvalue weighted by molar-refractivity contribution is -0.126. The van der Waals surface area contributed by atoms with Crippen molar-refractivity contribution in [1.29, 1.82) is 0 Å². The number of fused-ring (bicyclic) bond motifs is 1. The molecule has 7 nitrogen and oxygen atoms in total. The van der Waals surface area contributed by atoms with Gasteiger partial charge in [0.2, 0.25) is 17.7 Å². The highest BCUT2D eigenvalue weighted by molar-refractivity contribution is 6.01. The minimum Gasteiger partial charge on any atom is -0.467 e. The Hall–Kier alpha value is -3.09. The predicted octanol–water partition coefficient (Wildman–Crippen LogP) is 2.64. The van der Waals surface area contributed by atoms with Crippen LogP contribution < -0.4 is 15.1 Å². The molecule has 0 bridgehead atoms. The number of hydrogen-bond acceptors (Lipinski definition) is 4. The number of benzene rings is 1. The van der Waals surface area contributed by atoms with Crippen LogP contribution >= 0.6 is 0 Å². The van der Waals surface area contributed by atoms with Gasteiger partial charge in [-0.2, -0.15) is 0 Å². The Morgan fingerprint density at radius 2 is 2.03 bits per heavy atom. The van der Waals surface area contributed by atoms with E-state index in [2.05, 4.69) is 5.32 Å². The molecule has 1 N–H and O–H groups in total. The smallest absolute Gasteiger partial charge is 0.230 e. The fourth-order valence-corrected chi connectivity index (χ4v) is 4.53. The van der Waals surface area contributed by atoms with Gasteiger partial charge in [-0.3, -0.25) is 14.4 Å². The molecule has 2 fully saturated rings. The van der Waals surface area contributed by atoms with Crippen molar-refractivity contribution in [3.63, 3.8) is 0 Å². The zero-order valence-corrected chi connectivity index (χ0v) is 16.8. The first kappa shape index (κ1) is 18.9. The second kappa shape index (κ2) is 7.63. The van der Waals surface area contributed by atoms with Crippen molar-refractivity contribution in [2.45, 2.75) is 38.6 Å². The maximum Gasteiger partial charge on any atom is 0.230 e. The SMILES string of the molecule is O=C(NCc1ccco1)[C@H]1CC(=O)N(c2ccc3c(c2)CCN3C(=O)C2CCC2)C1. The van der Waals surface area contributed by atoms with Crippen LogP contribution in [0, 0.1) is 11.8 Å². The lowest BCUT2D eigenvalue weighted by Gasteiger charge is -2.29. The molecule has 2 aromatic rings. The first-order valence-electron chi connectivity index (χ1n) is 10.6. The molecule has 3 heterocycles. The summed E-state index contributed by atoms with van der Waals surface area (Å²) in [5, 5.41) is 2.85. The lowest BCUT2D eigenvalue weighted by Crippen LogP contribution is -2.37. The fraction of sp³-hybridized carbons (Fsp3) is 0.435. The number of carbonyl (C=O) groups is 3. The van der Waals surface area contributed by atoms with E-state index in [1.54, 1.807) is 23.3 Å². The quantitative estimate of drug-likeness (QED) is 0.826. The monoisotopic (exact) mass is 407 g/mol. The molecule has 1 saturated carbocycles. The van der Waals surface area contributed by atoms with E-state index in [1.807, 2.05) is 23.1 Å². The van der Waals surface area contributed by atoms with Crippen molar-refractivity contribution < 1.29 is 18.8 Å². The number of carbonyl (C=O) groups excluding carboxylic acids is 3. The zero-order chi connectivity index (χ0) is 20.7. The Morgan fingerprint density at radius 3 is 2.77 bits per heavy atom. The van der Waals surface area contributed by atoms with E-state index in [-0.39, 0.29) is 36.0 Å². The Kier molecular flexibility index (Phi) is 4.81. The van der Waals surface area contributed by atoms with Crippen molar-refractivity contribution >= 4 is 29.1 Å². The summed E-state index contributed by atoms with van der Waals surface area (Å²) in [6.07, 6.45) is 5.70. The van der Waals surface area contributed by atoms with E-state index in [9.17, 15) is 14.4 Å². The molecule has 1 atom stereocenters. The summed E-state index contributed by atoms with van der Waals surface area (Å²) in [7, 11) is 0. The van der Waals surface area contributed by atoms with Gasteiger partial charge in [0.15, 0.2) is 0 Å². The molecule has 0 radical (unpaired) electrons. The van der Waals surface area contributed by atoms with Crippen LogP contribution in [0.3, 0.4) is 0 Å². The zero-order valence-electron chi connectivity index (χ0n) is 16.8. The van der Waals surface area contributed by atoms with Crippen LogP contribution in [0.2, 0.25) is 0 Å². The summed E-state index contributed by atoms with van der Waals surface area (Å²) in [5.74, 6) is 0.533. The van der Waals surface area contributed by atoms with E-state index in [1.165, 1.54) is 0 Å². The van der Waals surface area contributed by atoms with Gasteiger partial charge in [-0.1, -0.05) is 6.42 Å². The first-order valence-corrected chi connectivity index (χ1v) is 10.6. The maximum atomic E-state index is 12.7. The number of anilines is 2. The van der Waals surface area contributed by atoms with Crippen LogP contribution in [-0.4, -0.2) is 30.8 Å². The Bertz CT molecular complexity index is 980. The summed E-state index contributed by atoms with van der Waals surface area (Å²) in [4.78, 5) is 41.3. The van der Waals surface area contributed by atoms with Gasteiger partial charge < -0.3 is 19.5 Å². The van der Waals surface area contributed by atoms with E-state index in [0.29, 0.717) is 25.4 Å². The summed E-state index contributed by atoms with van der Waals surface area (Å²) < 4.78 is 5.23. The maximum absolute atomic E-state index is 12.7. The Balaban J connectivity index is 1.25. The third-order valence-corrected chi connectivity index (χ3v) is 6.50. The molecule has 156 valence electrons. The third-order valence-electron chi connectivity index (χ3n) is 6.50. The van der Waals surface area contributed by atoms with Crippen LogP contribution in [0.1, 0.15) is 37.0 Å². The second-order valence-electron chi connectivity index (χ2n) is 8.38. The number of amides is 3. The summed E-state index contributed by atoms with van der Waals surface area (Å²) in [6.45, 7) is 1.40. The normalized spacial score (nSPS) is 20.9. The van der Waals surface area contributed by atoms with Crippen LogP contribution in [-0.2, 0) is 27.3 Å². The van der Waals surface area contributed by atoms with E-state index in [0.717, 1.165) is 42.6 Å². The van der Waals surface area contributed by atoms with Crippen LogP contribution in [0.5, 0.6) is 0 Å². The topological polar surface area (TPSA) is 82.9 Å². The standard InChI is InChI=1S/C23H25N3O4/c27-21-12-17(22(28)24-13-19-5-2-10-30-19)14-26(21)18-6-7-20-16(11-18)8-9-25(20)23(29)15-3-1-4-15/h2,5-7,10-11,15,17H,1,3-4,8-9,12-14H2,(H,24,28)/t17-/m0/s1. The van der Waals surface area contributed by atoms with E-state index in [4.69, 9.17) is 4.42 Å². The number of nitrogens with one attached hydrogen (secondary N) is 1. The summed E-state index contributed by atoms with van der Waals surface area (Å²) in [5.41, 5.74) is 2.87. The number of rotatable bonds is 5. The van der Waals surface area contributed by atoms with E-state index < -0.39 is 0 Å². The average Bonchev–Trinajstić information content (AvgIpc) is 3.43. The molecule has 0 unspecified atom stereocenters. The lowest BCUT2D eigenvalue weighted by atomic mass is 9.84. The highest BCUT2D eigenvalue weighted by atomic mass is 16.3. The van der Waals surface area contributed by atoms with Crippen molar-refractivity contribution in [3.8, 4) is 0 Å². The van der Waals surface area contributed by atoms with Gasteiger partial charge >= 0.3 is 0 Å². The highest BCUT2D eigenvalue weighted by Crippen LogP contribution is 2.37. The number of furan rings is 1. The van der Waals surface area contributed by atoms with Gasteiger partial charge in [-0.15, -0.1) is 0 Å². The molecule has 5 rings (SSSR count). The minimum atomic E-state index is -0.377. The summed E-state index contributed by atoms with van der Waals surface area (Å²) >= 11 is 0. The van der Waals surface area contributed by atoms with E-state index >= 15 is 0 Å². The predicted molar refractivity (Wildman–Crippen MR) is 111 cm³/mol. The number of nitrogens with zero attached hydrogens (tertiary/aromatic N) is 2. The van der Waals surface area contributed by atoms with Gasteiger partial charge in [0.25, 0.3) is 0 Å². The molecule has 1 aliphatic carbocycles. The minimum absolute atomic E-state index is 0.0477. The molecule has 1 saturated heterocycles. The molecule has 2 aliphatic heterocycles. The third kappa shape index (κ3) is 3.38. The fourth-order valence-electron chi connectivity index (χ4n) is 4.53. The van der Waals surface area contributed by atoms with Crippen LogP contribution in [0.25, 0.3) is 0 Å². The van der Waals surface area contributed by atoms with Gasteiger partial charge in [0.1, 0.15) is 5.76 Å². The molecule has 1 aromatic carbocycles. The largest absolute Gasteiger partial charge is 0.467 e. The van der Waals surface area contributed by atoms with Gasteiger partial charge in [0.05, 0.1) is 18.7 Å². The Labute approximate surface area is 175 Å². The van der Waals surface area contributed by atoms with Crippen molar-refractivity contribution in [3.05, 3.63) is 47.9 Å². The van der Waals surface area contributed by atoms with Gasteiger partial charge in [-0.25, -0.2) is 0 Å². The molecule has 7 heteroatoms. The molecule has 30 heavy (non-hydrogen) atoms. The Morgan fingerprint density at radius 1 is 1.17 bits per heavy atom. The van der Waals surface area contributed by atoms with Crippen molar-refractivity contribution in [1.82, 2.24) is 5.32 Å². The molecule has 0 spiro atoms. The van der Waals surface area contributed by atoms with Gasteiger partial charge in [-0.05, 0) is 55.2 Å². The van der Waals surface area contributed by atoms with Gasteiger partial charge in [0, 0.05) is 36.8 Å². The van der Waals surface area contributed by atoms with Crippen LogP contribution in [0.4, 0.5) is 11.4 Å².